The van der Waals surface area contributed by atoms with E-state index in [4.69, 9.17) is 9.47 Å². The van der Waals surface area contributed by atoms with Crippen LogP contribution in [0.3, 0.4) is 0 Å². The van der Waals surface area contributed by atoms with Crippen molar-refractivity contribution in [3.05, 3.63) is 64.4 Å². The van der Waals surface area contributed by atoms with E-state index < -0.39 is 0 Å². The van der Waals surface area contributed by atoms with Crippen LogP contribution in [0.2, 0.25) is 0 Å². The number of aromatic nitrogens is 1. The molecule has 0 atom stereocenters. The highest BCUT2D eigenvalue weighted by Gasteiger charge is 2.12. The third-order valence-corrected chi connectivity index (χ3v) is 4.03. The number of amides is 1. The Morgan fingerprint density at radius 3 is 2.32 bits per heavy atom. The van der Waals surface area contributed by atoms with Gasteiger partial charge in [-0.15, -0.1) is 0 Å². The zero-order valence-corrected chi connectivity index (χ0v) is 14.2. The van der Waals surface area contributed by atoms with Gasteiger partial charge in [-0.05, 0) is 30.3 Å². The molecule has 6 nitrogen and oxygen atoms in total. The molecule has 1 N–H and O–H groups in total. The number of hydrogen-bond donors (Lipinski definition) is 1. The van der Waals surface area contributed by atoms with Crippen LogP contribution in [0.4, 0.5) is 5.69 Å². The molecule has 0 unspecified atom stereocenters. The first kappa shape index (κ1) is 16.6. The number of aryl methyl sites for hydroxylation is 1. The van der Waals surface area contributed by atoms with Gasteiger partial charge in [0.15, 0.2) is 0 Å². The van der Waals surface area contributed by atoms with Crippen molar-refractivity contribution in [2.45, 2.75) is 0 Å². The van der Waals surface area contributed by atoms with Crippen LogP contribution in [0.5, 0.6) is 11.5 Å². The number of ether oxygens (including phenoxy) is 2. The third kappa shape index (κ3) is 3.19. The summed E-state index contributed by atoms with van der Waals surface area (Å²) in [6, 6.07) is 13.6. The first-order valence-corrected chi connectivity index (χ1v) is 7.66. The van der Waals surface area contributed by atoms with E-state index in [0.717, 1.165) is 10.9 Å². The fourth-order valence-corrected chi connectivity index (χ4v) is 2.65. The Labute approximate surface area is 144 Å². The molecule has 0 bridgehead atoms. The van der Waals surface area contributed by atoms with Crippen LogP contribution in [0, 0.1) is 0 Å². The molecule has 3 rings (SSSR count). The molecule has 3 aromatic rings. The molecule has 25 heavy (non-hydrogen) atoms. The Morgan fingerprint density at radius 2 is 1.68 bits per heavy atom. The number of carbonyl (C=O) groups excluding carboxylic acids is 1. The number of nitrogens with one attached hydrogen (secondary N) is 1. The molecule has 0 spiro atoms. The zero-order valence-electron chi connectivity index (χ0n) is 14.2. The van der Waals surface area contributed by atoms with E-state index in [0.29, 0.717) is 22.7 Å². The topological polar surface area (TPSA) is 69.6 Å². The second-order valence-electron chi connectivity index (χ2n) is 5.52. The smallest absolute Gasteiger partial charge is 0.255 e. The summed E-state index contributed by atoms with van der Waals surface area (Å²) < 4.78 is 11.9. The first-order chi connectivity index (χ1) is 12.0. The van der Waals surface area contributed by atoms with E-state index in [9.17, 15) is 9.59 Å². The molecule has 0 fully saturated rings. The zero-order chi connectivity index (χ0) is 18.0. The molecule has 0 aliphatic heterocycles. The number of carbonyl (C=O) groups is 1. The molecule has 0 aliphatic rings. The van der Waals surface area contributed by atoms with Gasteiger partial charge in [-0.3, -0.25) is 9.59 Å². The van der Waals surface area contributed by atoms with Gasteiger partial charge in [0.25, 0.3) is 11.5 Å². The summed E-state index contributed by atoms with van der Waals surface area (Å²) >= 11 is 0. The fourth-order valence-electron chi connectivity index (χ4n) is 2.65. The quantitative estimate of drug-likeness (QED) is 0.794. The van der Waals surface area contributed by atoms with Crippen LogP contribution >= 0.6 is 0 Å². The van der Waals surface area contributed by atoms with E-state index in [2.05, 4.69) is 5.32 Å². The van der Waals surface area contributed by atoms with Gasteiger partial charge in [-0.2, -0.15) is 0 Å². The lowest BCUT2D eigenvalue weighted by Gasteiger charge is -2.12. The van der Waals surface area contributed by atoms with Crippen molar-refractivity contribution in [2.24, 2.45) is 7.05 Å². The second kappa shape index (κ2) is 6.68. The van der Waals surface area contributed by atoms with Crippen molar-refractivity contribution < 1.29 is 14.3 Å². The van der Waals surface area contributed by atoms with Crippen molar-refractivity contribution >= 4 is 22.5 Å². The first-order valence-electron chi connectivity index (χ1n) is 7.66. The summed E-state index contributed by atoms with van der Waals surface area (Å²) in [5.74, 6) is 0.771. The van der Waals surface area contributed by atoms with Gasteiger partial charge in [0.2, 0.25) is 0 Å². The van der Waals surface area contributed by atoms with Crippen molar-refractivity contribution in [3.8, 4) is 11.5 Å². The largest absolute Gasteiger partial charge is 0.497 e. The average molecular weight is 338 g/mol. The summed E-state index contributed by atoms with van der Waals surface area (Å²) in [4.78, 5) is 24.4. The van der Waals surface area contributed by atoms with Crippen molar-refractivity contribution in [2.75, 3.05) is 19.5 Å². The Balaban J connectivity index is 2.00. The number of fused-ring (bicyclic) bond motifs is 1. The van der Waals surface area contributed by atoms with Crippen LogP contribution in [0.15, 0.2) is 53.3 Å². The highest BCUT2D eigenvalue weighted by atomic mass is 16.5. The monoisotopic (exact) mass is 338 g/mol. The Kier molecular flexibility index (Phi) is 4.43. The van der Waals surface area contributed by atoms with Gasteiger partial charge in [0.05, 0.1) is 25.4 Å². The van der Waals surface area contributed by atoms with E-state index in [1.807, 2.05) is 6.07 Å². The highest BCUT2D eigenvalue weighted by molar-refractivity contribution is 6.09. The third-order valence-electron chi connectivity index (χ3n) is 4.03. The predicted molar refractivity (Wildman–Crippen MR) is 96.7 cm³/mol. The van der Waals surface area contributed by atoms with Crippen LogP contribution < -0.4 is 20.3 Å². The normalized spacial score (nSPS) is 10.5. The number of methoxy groups -OCH3 is 2. The Hall–Kier alpha value is -3.28. The molecular formula is C19H18N2O4. The van der Waals surface area contributed by atoms with E-state index >= 15 is 0 Å². The van der Waals surface area contributed by atoms with Gasteiger partial charge in [-0.1, -0.05) is 6.07 Å². The van der Waals surface area contributed by atoms with Crippen molar-refractivity contribution in [3.63, 3.8) is 0 Å². The highest BCUT2D eigenvalue weighted by Crippen LogP contribution is 2.25. The molecule has 1 amide bonds. The number of benzene rings is 2. The number of nitrogens with zero attached hydrogens (tertiary/aromatic N) is 1. The lowest BCUT2D eigenvalue weighted by molar-refractivity contribution is 0.102. The molecule has 1 heterocycles. The van der Waals surface area contributed by atoms with Gasteiger partial charge in [-0.25, -0.2) is 0 Å². The molecule has 2 aromatic carbocycles. The second-order valence-corrected chi connectivity index (χ2v) is 5.52. The fraction of sp³-hybridized carbons (Fsp3) is 0.158. The van der Waals surface area contributed by atoms with Crippen molar-refractivity contribution in [1.29, 1.82) is 0 Å². The maximum absolute atomic E-state index is 12.7. The van der Waals surface area contributed by atoms with E-state index in [-0.39, 0.29) is 11.5 Å². The van der Waals surface area contributed by atoms with Crippen LogP contribution in [0.1, 0.15) is 10.4 Å². The number of anilines is 1. The van der Waals surface area contributed by atoms with Gasteiger partial charge < -0.3 is 19.4 Å². The maximum Gasteiger partial charge on any atom is 0.255 e. The lowest BCUT2D eigenvalue weighted by atomic mass is 10.1. The maximum atomic E-state index is 12.7. The molecule has 0 saturated carbocycles. The van der Waals surface area contributed by atoms with Crippen LogP contribution in [-0.2, 0) is 7.05 Å². The summed E-state index contributed by atoms with van der Waals surface area (Å²) in [6.07, 6.45) is 0. The lowest BCUT2D eigenvalue weighted by Crippen LogP contribution is -2.17. The minimum Gasteiger partial charge on any atom is -0.497 e. The van der Waals surface area contributed by atoms with Gasteiger partial charge in [0, 0.05) is 30.1 Å². The number of hydrogen-bond acceptors (Lipinski definition) is 4. The number of pyridine rings is 1. The van der Waals surface area contributed by atoms with E-state index in [1.165, 1.54) is 20.3 Å². The molecule has 6 heteroatoms. The minimum atomic E-state index is -0.293. The Morgan fingerprint density at radius 1 is 1.00 bits per heavy atom. The summed E-state index contributed by atoms with van der Waals surface area (Å²) in [5, 5.41) is 3.67. The molecule has 0 aliphatic carbocycles. The van der Waals surface area contributed by atoms with E-state index in [1.54, 1.807) is 48.0 Å². The van der Waals surface area contributed by atoms with Gasteiger partial charge >= 0.3 is 0 Å². The van der Waals surface area contributed by atoms with Crippen molar-refractivity contribution in [1.82, 2.24) is 4.57 Å². The molecule has 0 radical (unpaired) electrons. The minimum absolute atomic E-state index is 0.103. The average Bonchev–Trinajstić information content (AvgIpc) is 2.64. The summed E-state index contributed by atoms with van der Waals surface area (Å²) in [5.41, 5.74) is 1.68. The van der Waals surface area contributed by atoms with Gasteiger partial charge in [0.1, 0.15) is 11.5 Å². The number of rotatable bonds is 4. The molecule has 1 aromatic heterocycles. The molecule has 0 saturated heterocycles. The predicted octanol–water partition coefficient (Wildman–Crippen LogP) is 2.81. The summed E-state index contributed by atoms with van der Waals surface area (Å²) in [6.45, 7) is 0. The standard InChI is InChI=1S/C19H18N2O4/c1-21-17-6-4-5-16(15(17)7-8-18(21)22)20-19(23)12-9-13(24-2)11-14(10-12)25-3/h4-11H,1-3H3,(H,20,23). The van der Waals surface area contributed by atoms with Crippen LogP contribution in [-0.4, -0.2) is 24.7 Å². The molecular weight excluding hydrogens is 320 g/mol. The molecule has 128 valence electrons. The SMILES string of the molecule is COc1cc(OC)cc(C(=O)Nc2cccc3c2ccc(=O)n3C)c1. The Bertz CT molecular complexity index is 986. The summed E-state index contributed by atoms with van der Waals surface area (Å²) in [7, 11) is 4.76. The van der Waals surface area contributed by atoms with Crippen LogP contribution in [0.25, 0.3) is 10.9 Å².